The second-order valence-corrected chi connectivity index (χ2v) is 16.2. The topological polar surface area (TPSA) is 124 Å². The SMILES string of the molecule is CCCCCCCCNC(=O)Oc1ccc(O)c(-c2cncc(-c3nnnn3COCC[Si](C)(C)C)c2)c1. The Morgan fingerprint density at radius 3 is 2.61 bits per heavy atom. The molecule has 0 unspecified atom stereocenters. The molecule has 11 heteroatoms. The Labute approximate surface area is 225 Å². The summed E-state index contributed by atoms with van der Waals surface area (Å²) in [5.74, 6) is 0.871. The molecule has 1 amide bonds. The summed E-state index contributed by atoms with van der Waals surface area (Å²) in [6.45, 7) is 10.5. The lowest BCUT2D eigenvalue weighted by molar-refractivity contribution is 0.0784. The van der Waals surface area contributed by atoms with E-state index >= 15 is 0 Å². The van der Waals surface area contributed by atoms with Gasteiger partial charge in [0.25, 0.3) is 0 Å². The molecule has 3 rings (SSSR count). The summed E-state index contributed by atoms with van der Waals surface area (Å²) < 4.78 is 12.8. The minimum absolute atomic E-state index is 0.0399. The number of nitrogens with one attached hydrogen (secondary N) is 1. The summed E-state index contributed by atoms with van der Waals surface area (Å²) >= 11 is 0. The van der Waals surface area contributed by atoms with Gasteiger partial charge in [0.1, 0.15) is 18.2 Å². The summed E-state index contributed by atoms with van der Waals surface area (Å²) in [5.41, 5.74) is 1.78. The van der Waals surface area contributed by atoms with Gasteiger partial charge in [-0.2, -0.15) is 4.68 Å². The van der Waals surface area contributed by atoms with Crippen molar-refractivity contribution in [2.45, 2.75) is 77.9 Å². The Morgan fingerprint density at radius 1 is 1.05 bits per heavy atom. The third kappa shape index (κ3) is 9.53. The molecule has 2 heterocycles. The van der Waals surface area contributed by atoms with Gasteiger partial charge in [-0.15, -0.1) is 5.10 Å². The first-order valence-electron chi connectivity index (χ1n) is 13.4. The van der Waals surface area contributed by atoms with Crippen LogP contribution < -0.4 is 10.1 Å². The molecule has 0 radical (unpaired) electrons. The van der Waals surface area contributed by atoms with Crippen LogP contribution in [0.25, 0.3) is 22.5 Å². The maximum atomic E-state index is 12.2. The van der Waals surface area contributed by atoms with E-state index in [9.17, 15) is 9.90 Å². The summed E-state index contributed by atoms with van der Waals surface area (Å²) in [6.07, 6.45) is 9.64. The lowest BCUT2D eigenvalue weighted by Crippen LogP contribution is -2.27. The Balaban J connectivity index is 1.62. The number of unbranched alkanes of at least 4 members (excludes halogenated alkanes) is 5. The molecule has 206 valence electrons. The van der Waals surface area contributed by atoms with Crippen molar-refractivity contribution in [3.8, 4) is 34.0 Å². The van der Waals surface area contributed by atoms with Crippen molar-refractivity contribution in [3.05, 3.63) is 36.7 Å². The van der Waals surface area contributed by atoms with Crippen LogP contribution in [0.2, 0.25) is 25.7 Å². The van der Waals surface area contributed by atoms with Crippen LogP contribution in [0.4, 0.5) is 4.79 Å². The number of hydrogen-bond donors (Lipinski definition) is 2. The van der Waals surface area contributed by atoms with Gasteiger partial charge in [-0.1, -0.05) is 58.7 Å². The maximum absolute atomic E-state index is 12.2. The van der Waals surface area contributed by atoms with Crippen LogP contribution in [0.5, 0.6) is 11.5 Å². The van der Waals surface area contributed by atoms with E-state index in [0.717, 1.165) is 18.9 Å². The number of nitrogens with zero attached hydrogens (tertiary/aromatic N) is 5. The summed E-state index contributed by atoms with van der Waals surface area (Å²) in [5, 5.41) is 25.3. The van der Waals surface area contributed by atoms with Crippen molar-refractivity contribution < 1.29 is 19.4 Å². The van der Waals surface area contributed by atoms with Crippen molar-refractivity contribution in [2.75, 3.05) is 13.2 Å². The summed E-state index contributed by atoms with van der Waals surface area (Å²) in [6, 6.07) is 7.54. The van der Waals surface area contributed by atoms with Gasteiger partial charge in [-0.3, -0.25) is 4.98 Å². The van der Waals surface area contributed by atoms with E-state index in [0.29, 0.717) is 41.4 Å². The Morgan fingerprint density at radius 2 is 1.82 bits per heavy atom. The highest BCUT2D eigenvalue weighted by atomic mass is 28.3. The third-order valence-corrected chi connectivity index (χ3v) is 7.73. The van der Waals surface area contributed by atoms with Crippen molar-refractivity contribution in [2.24, 2.45) is 0 Å². The molecular weight excluding hydrogens is 500 g/mol. The standard InChI is InChI=1S/C27H40N6O4Si/c1-5-6-7-8-9-10-13-29-27(35)37-23-11-12-25(34)24(17-23)21-16-22(19-28-18-21)26-30-31-32-33(26)20-36-14-15-38(2,3)4/h11-12,16-19,34H,5-10,13-15,20H2,1-4H3,(H,29,35). The number of phenolic OH excluding ortho intramolecular Hbond substituents is 1. The predicted molar refractivity (Wildman–Crippen MR) is 150 cm³/mol. The number of phenols is 1. The normalized spacial score (nSPS) is 11.5. The Bertz CT molecular complexity index is 1160. The van der Waals surface area contributed by atoms with Crippen molar-refractivity contribution in [1.29, 1.82) is 0 Å². The fourth-order valence-electron chi connectivity index (χ4n) is 3.79. The first kappa shape index (κ1) is 29.2. The molecular formula is C27H40N6O4Si. The van der Waals surface area contributed by atoms with Gasteiger partial charge in [0.15, 0.2) is 5.82 Å². The highest BCUT2D eigenvalue weighted by Gasteiger charge is 2.15. The highest BCUT2D eigenvalue weighted by Crippen LogP contribution is 2.34. The maximum Gasteiger partial charge on any atom is 0.412 e. The predicted octanol–water partition coefficient (Wildman–Crippen LogP) is 5.87. The number of tetrazole rings is 1. The molecule has 0 aliphatic carbocycles. The van der Waals surface area contributed by atoms with Gasteiger partial charge >= 0.3 is 6.09 Å². The molecule has 0 saturated carbocycles. The van der Waals surface area contributed by atoms with E-state index in [4.69, 9.17) is 9.47 Å². The minimum atomic E-state index is -1.19. The van der Waals surface area contributed by atoms with Gasteiger partial charge in [0.05, 0.1) is 0 Å². The lowest BCUT2D eigenvalue weighted by Gasteiger charge is -2.15. The van der Waals surface area contributed by atoms with Gasteiger partial charge in [0.2, 0.25) is 0 Å². The molecule has 0 fully saturated rings. The lowest BCUT2D eigenvalue weighted by atomic mass is 10.0. The van der Waals surface area contributed by atoms with E-state index in [1.54, 1.807) is 29.2 Å². The fraction of sp³-hybridized carbons (Fsp3) is 0.519. The number of amides is 1. The molecule has 10 nitrogen and oxygen atoms in total. The van der Waals surface area contributed by atoms with Gasteiger partial charge in [-0.05, 0) is 47.2 Å². The van der Waals surface area contributed by atoms with Gasteiger partial charge in [-0.25, -0.2) is 4.79 Å². The summed E-state index contributed by atoms with van der Waals surface area (Å²) in [4.78, 5) is 16.6. The average Bonchev–Trinajstić information content (AvgIpc) is 3.35. The number of aromatic nitrogens is 5. The largest absolute Gasteiger partial charge is 0.507 e. The Kier molecular flexibility index (Phi) is 11.2. The van der Waals surface area contributed by atoms with Gasteiger partial charge in [0, 0.05) is 50.3 Å². The van der Waals surface area contributed by atoms with Crippen LogP contribution in [-0.4, -0.2) is 57.6 Å². The van der Waals surface area contributed by atoms with Crippen LogP contribution in [0.15, 0.2) is 36.7 Å². The molecule has 1 aromatic carbocycles. The van der Waals surface area contributed by atoms with E-state index in [2.05, 4.69) is 52.4 Å². The molecule has 0 aliphatic rings. The smallest absolute Gasteiger partial charge is 0.412 e. The number of hydrogen-bond acceptors (Lipinski definition) is 8. The molecule has 2 N–H and O–H groups in total. The molecule has 0 saturated heterocycles. The minimum Gasteiger partial charge on any atom is -0.507 e. The quantitative estimate of drug-likeness (QED) is 0.181. The fourth-order valence-corrected chi connectivity index (χ4v) is 4.54. The zero-order valence-corrected chi connectivity index (χ0v) is 23.9. The van der Waals surface area contributed by atoms with E-state index < -0.39 is 14.2 Å². The van der Waals surface area contributed by atoms with Crippen LogP contribution in [0.1, 0.15) is 45.4 Å². The van der Waals surface area contributed by atoms with Crippen molar-refractivity contribution >= 4 is 14.2 Å². The molecule has 0 atom stereocenters. The number of benzene rings is 1. The molecule has 0 aliphatic heterocycles. The van der Waals surface area contributed by atoms with Crippen molar-refractivity contribution in [1.82, 2.24) is 30.5 Å². The van der Waals surface area contributed by atoms with E-state index in [-0.39, 0.29) is 12.5 Å². The summed E-state index contributed by atoms with van der Waals surface area (Å²) in [7, 11) is -1.19. The number of aromatic hydroxyl groups is 1. The molecule has 38 heavy (non-hydrogen) atoms. The molecule has 0 bridgehead atoms. The Hall–Kier alpha value is -3.31. The zero-order valence-electron chi connectivity index (χ0n) is 22.9. The van der Waals surface area contributed by atoms with Crippen LogP contribution in [0, 0.1) is 0 Å². The van der Waals surface area contributed by atoms with Crippen LogP contribution in [0.3, 0.4) is 0 Å². The molecule has 0 spiro atoms. The number of ether oxygens (including phenoxy) is 2. The number of rotatable bonds is 15. The molecule has 2 aromatic heterocycles. The first-order chi connectivity index (χ1) is 18.3. The second-order valence-electron chi connectivity index (χ2n) is 10.6. The van der Waals surface area contributed by atoms with E-state index in [1.165, 1.54) is 31.7 Å². The number of pyridine rings is 1. The van der Waals surface area contributed by atoms with Gasteiger partial charge < -0.3 is 19.9 Å². The second kappa shape index (κ2) is 14.6. The molecule has 3 aromatic rings. The van der Waals surface area contributed by atoms with Crippen molar-refractivity contribution in [3.63, 3.8) is 0 Å². The number of carbonyl (C=O) groups excluding carboxylic acids is 1. The average molecular weight is 541 g/mol. The monoisotopic (exact) mass is 540 g/mol. The van der Waals surface area contributed by atoms with E-state index in [1.807, 2.05) is 6.07 Å². The zero-order chi connectivity index (χ0) is 27.4. The van der Waals surface area contributed by atoms with Crippen LogP contribution >= 0.6 is 0 Å². The third-order valence-electron chi connectivity index (χ3n) is 6.03. The highest BCUT2D eigenvalue weighted by molar-refractivity contribution is 6.76. The first-order valence-corrected chi connectivity index (χ1v) is 17.1. The number of carbonyl (C=O) groups is 1. The van der Waals surface area contributed by atoms with Crippen LogP contribution in [-0.2, 0) is 11.5 Å².